The van der Waals surface area contributed by atoms with E-state index in [1.165, 1.54) is 0 Å². The standard InChI is InChI=1S/C14H23NO2.ClH/c1-9-8-10(17-5)6-7-11(9)12(15)13(16)14(2,3)4;/h6-8,12-13,16H,15H2,1-5H3;1H/t12-,13-;/m1./s1. The Labute approximate surface area is 116 Å². The van der Waals surface area contributed by atoms with Crippen molar-refractivity contribution >= 4 is 12.4 Å². The Hall–Kier alpha value is -0.770. The van der Waals surface area contributed by atoms with Crippen LogP contribution in [0.5, 0.6) is 5.75 Å². The molecule has 0 saturated carbocycles. The predicted molar refractivity (Wildman–Crippen MR) is 77.4 cm³/mol. The summed E-state index contributed by atoms with van der Waals surface area (Å²) in [4.78, 5) is 0. The lowest BCUT2D eigenvalue weighted by molar-refractivity contribution is 0.0399. The van der Waals surface area contributed by atoms with Gasteiger partial charge in [0.1, 0.15) is 5.75 Å². The Morgan fingerprint density at radius 1 is 1.28 bits per heavy atom. The van der Waals surface area contributed by atoms with Crippen LogP contribution in [0.3, 0.4) is 0 Å². The molecular formula is C14H24ClNO2. The minimum Gasteiger partial charge on any atom is -0.497 e. The van der Waals surface area contributed by atoms with Crippen molar-refractivity contribution in [3.63, 3.8) is 0 Å². The lowest BCUT2D eigenvalue weighted by Gasteiger charge is -2.31. The molecule has 0 aliphatic carbocycles. The summed E-state index contributed by atoms with van der Waals surface area (Å²) in [5, 5.41) is 10.2. The van der Waals surface area contributed by atoms with E-state index in [1.807, 2.05) is 45.9 Å². The van der Waals surface area contributed by atoms with Crippen LogP contribution in [0.15, 0.2) is 18.2 Å². The number of aliphatic hydroxyl groups is 1. The van der Waals surface area contributed by atoms with E-state index in [1.54, 1.807) is 7.11 Å². The summed E-state index contributed by atoms with van der Waals surface area (Å²) >= 11 is 0. The molecule has 0 fully saturated rings. The fourth-order valence-corrected chi connectivity index (χ4v) is 1.86. The van der Waals surface area contributed by atoms with Crippen molar-refractivity contribution in [3.05, 3.63) is 29.3 Å². The van der Waals surface area contributed by atoms with Crippen LogP contribution in [0.25, 0.3) is 0 Å². The summed E-state index contributed by atoms with van der Waals surface area (Å²) < 4.78 is 5.15. The van der Waals surface area contributed by atoms with E-state index in [2.05, 4.69) is 0 Å². The minimum absolute atomic E-state index is 0. The molecule has 3 N–H and O–H groups in total. The summed E-state index contributed by atoms with van der Waals surface area (Å²) in [5.74, 6) is 0.809. The van der Waals surface area contributed by atoms with Gasteiger partial charge in [-0.15, -0.1) is 12.4 Å². The third kappa shape index (κ3) is 3.87. The van der Waals surface area contributed by atoms with Crippen LogP contribution in [0, 0.1) is 12.3 Å². The van der Waals surface area contributed by atoms with Crippen LogP contribution < -0.4 is 10.5 Å². The van der Waals surface area contributed by atoms with Crippen molar-refractivity contribution < 1.29 is 9.84 Å². The Kier molecular flexibility index (Phi) is 6.14. The average Bonchev–Trinajstić information content (AvgIpc) is 2.25. The monoisotopic (exact) mass is 273 g/mol. The first-order valence-corrected chi connectivity index (χ1v) is 5.85. The highest BCUT2D eigenvalue weighted by Crippen LogP contribution is 2.31. The second-order valence-corrected chi connectivity index (χ2v) is 5.56. The molecule has 1 aromatic rings. The molecule has 0 aliphatic rings. The summed E-state index contributed by atoms with van der Waals surface area (Å²) in [5.41, 5.74) is 7.90. The van der Waals surface area contributed by atoms with Crippen molar-refractivity contribution in [1.82, 2.24) is 0 Å². The molecule has 0 heterocycles. The number of hydrogen-bond acceptors (Lipinski definition) is 3. The highest BCUT2D eigenvalue weighted by molar-refractivity contribution is 5.85. The number of nitrogens with two attached hydrogens (primary N) is 1. The first kappa shape index (κ1) is 17.2. The molecule has 104 valence electrons. The maximum Gasteiger partial charge on any atom is 0.119 e. The molecule has 0 saturated heterocycles. The molecular weight excluding hydrogens is 250 g/mol. The van der Waals surface area contributed by atoms with Gasteiger partial charge in [-0.05, 0) is 35.6 Å². The molecule has 0 aromatic heterocycles. The lowest BCUT2D eigenvalue weighted by atomic mass is 9.81. The average molecular weight is 274 g/mol. The van der Waals surface area contributed by atoms with Gasteiger partial charge < -0.3 is 15.6 Å². The van der Waals surface area contributed by atoms with Gasteiger partial charge in [-0.2, -0.15) is 0 Å². The maximum absolute atomic E-state index is 10.2. The Balaban J connectivity index is 0.00000289. The normalized spacial score (nSPS) is 14.6. The van der Waals surface area contributed by atoms with Crippen molar-refractivity contribution in [3.8, 4) is 5.75 Å². The van der Waals surface area contributed by atoms with Gasteiger partial charge >= 0.3 is 0 Å². The van der Waals surface area contributed by atoms with Gasteiger partial charge in [0.25, 0.3) is 0 Å². The van der Waals surface area contributed by atoms with Crippen LogP contribution in [-0.4, -0.2) is 18.3 Å². The van der Waals surface area contributed by atoms with Gasteiger partial charge in [0, 0.05) is 0 Å². The molecule has 0 unspecified atom stereocenters. The van der Waals surface area contributed by atoms with Crippen LogP contribution >= 0.6 is 12.4 Å². The molecule has 4 heteroatoms. The van der Waals surface area contributed by atoms with Crippen molar-refractivity contribution in [2.24, 2.45) is 11.1 Å². The fourth-order valence-electron chi connectivity index (χ4n) is 1.86. The Bertz CT molecular complexity index is 388. The van der Waals surface area contributed by atoms with E-state index in [0.717, 1.165) is 16.9 Å². The van der Waals surface area contributed by atoms with Crippen LogP contribution in [-0.2, 0) is 0 Å². The minimum atomic E-state index is -0.574. The van der Waals surface area contributed by atoms with Crippen molar-refractivity contribution in [1.29, 1.82) is 0 Å². The van der Waals surface area contributed by atoms with Gasteiger partial charge in [-0.1, -0.05) is 26.8 Å². The van der Waals surface area contributed by atoms with Crippen LogP contribution in [0.2, 0.25) is 0 Å². The number of aliphatic hydroxyl groups excluding tert-OH is 1. The molecule has 0 radical (unpaired) electrons. The third-order valence-corrected chi connectivity index (χ3v) is 3.06. The topological polar surface area (TPSA) is 55.5 Å². The molecule has 18 heavy (non-hydrogen) atoms. The quantitative estimate of drug-likeness (QED) is 0.890. The summed E-state index contributed by atoms with van der Waals surface area (Å²) in [7, 11) is 1.64. The zero-order chi connectivity index (χ0) is 13.2. The zero-order valence-corrected chi connectivity index (χ0v) is 12.5. The fraction of sp³-hybridized carbons (Fsp3) is 0.571. The largest absolute Gasteiger partial charge is 0.497 e. The highest BCUT2D eigenvalue weighted by Gasteiger charge is 2.29. The summed E-state index contributed by atoms with van der Waals surface area (Å²) in [6.07, 6.45) is -0.574. The molecule has 1 aromatic carbocycles. The van der Waals surface area contributed by atoms with E-state index in [-0.39, 0.29) is 23.9 Å². The van der Waals surface area contributed by atoms with Gasteiger partial charge in [0.15, 0.2) is 0 Å². The predicted octanol–water partition coefficient (Wildman–Crippen LogP) is 2.83. The van der Waals surface area contributed by atoms with E-state index < -0.39 is 6.10 Å². The number of halogens is 1. The van der Waals surface area contributed by atoms with Crippen LogP contribution in [0.1, 0.15) is 37.9 Å². The molecule has 2 atom stereocenters. The lowest BCUT2D eigenvalue weighted by Crippen LogP contribution is -2.37. The number of hydrogen-bond donors (Lipinski definition) is 2. The summed E-state index contributed by atoms with van der Waals surface area (Å²) in [6.45, 7) is 7.93. The molecule has 3 nitrogen and oxygen atoms in total. The van der Waals surface area contributed by atoms with Crippen LogP contribution in [0.4, 0.5) is 0 Å². The van der Waals surface area contributed by atoms with Crippen molar-refractivity contribution in [2.75, 3.05) is 7.11 Å². The van der Waals surface area contributed by atoms with Gasteiger partial charge in [0.05, 0.1) is 19.3 Å². The number of benzene rings is 1. The van der Waals surface area contributed by atoms with E-state index in [0.29, 0.717) is 0 Å². The zero-order valence-electron chi connectivity index (χ0n) is 11.7. The molecule has 0 bridgehead atoms. The van der Waals surface area contributed by atoms with E-state index >= 15 is 0 Å². The third-order valence-electron chi connectivity index (χ3n) is 3.06. The molecule has 0 aliphatic heterocycles. The smallest absolute Gasteiger partial charge is 0.119 e. The summed E-state index contributed by atoms with van der Waals surface area (Å²) in [6, 6.07) is 5.36. The number of methoxy groups -OCH3 is 1. The SMILES string of the molecule is COc1ccc([C@@H](N)[C@@H](O)C(C)(C)C)c(C)c1.Cl. The second-order valence-electron chi connectivity index (χ2n) is 5.56. The highest BCUT2D eigenvalue weighted by atomic mass is 35.5. The number of ether oxygens (including phenoxy) is 1. The van der Waals surface area contributed by atoms with Gasteiger partial charge in [-0.25, -0.2) is 0 Å². The number of rotatable bonds is 3. The first-order chi connectivity index (χ1) is 7.77. The Morgan fingerprint density at radius 2 is 1.83 bits per heavy atom. The Morgan fingerprint density at radius 3 is 2.22 bits per heavy atom. The molecule has 1 rings (SSSR count). The van der Waals surface area contributed by atoms with Crippen molar-refractivity contribution in [2.45, 2.75) is 39.8 Å². The van der Waals surface area contributed by atoms with E-state index in [9.17, 15) is 5.11 Å². The first-order valence-electron chi connectivity index (χ1n) is 5.85. The van der Waals surface area contributed by atoms with E-state index in [4.69, 9.17) is 10.5 Å². The van der Waals surface area contributed by atoms with Gasteiger partial charge in [0.2, 0.25) is 0 Å². The molecule has 0 spiro atoms. The number of aryl methyl sites for hydroxylation is 1. The molecule has 0 amide bonds. The maximum atomic E-state index is 10.2. The van der Waals surface area contributed by atoms with Gasteiger partial charge in [-0.3, -0.25) is 0 Å². The second kappa shape index (κ2) is 6.41.